The molecule has 0 aliphatic rings. The summed E-state index contributed by atoms with van der Waals surface area (Å²) in [5.74, 6) is 0. The van der Waals surface area contributed by atoms with Crippen LogP contribution in [0.1, 0.15) is 12.0 Å². The molecule has 0 radical (unpaired) electrons. The summed E-state index contributed by atoms with van der Waals surface area (Å²) >= 11 is 1.75. The lowest BCUT2D eigenvalue weighted by molar-refractivity contribution is 0.400. The molecule has 0 bridgehead atoms. The van der Waals surface area contributed by atoms with E-state index in [1.54, 1.807) is 11.3 Å². The summed E-state index contributed by atoms with van der Waals surface area (Å²) < 4.78 is 0. The van der Waals surface area contributed by atoms with Crippen LogP contribution >= 0.6 is 11.3 Å². The maximum atomic E-state index is 5.01. The molecule has 6 rings (SSSR count). The van der Waals surface area contributed by atoms with Gasteiger partial charge in [-0.25, -0.2) is 4.98 Å². The van der Waals surface area contributed by atoms with Gasteiger partial charge in [-0.3, -0.25) is 10.1 Å². The second-order valence-corrected chi connectivity index (χ2v) is 10.0. The number of H-pyrrole nitrogens is 2. The smallest absolute Gasteiger partial charge is 0.135 e. The van der Waals surface area contributed by atoms with Gasteiger partial charge >= 0.3 is 0 Å². The van der Waals surface area contributed by atoms with Crippen molar-refractivity contribution in [2.24, 2.45) is 0 Å². The van der Waals surface area contributed by atoms with Crippen molar-refractivity contribution < 1.29 is 0 Å². The van der Waals surface area contributed by atoms with Crippen molar-refractivity contribution in [3.05, 3.63) is 77.9 Å². The average Bonchev–Trinajstić information content (AvgIpc) is 3.62. The normalized spacial score (nSPS) is 11.7. The Kier molecular flexibility index (Phi) is 5.64. The van der Waals surface area contributed by atoms with Gasteiger partial charge in [0.2, 0.25) is 0 Å². The number of hydrogen-bond donors (Lipinski definition) is 2. The van der Waals surface area contributed by atoms with Crippen molar-refractivity contribution in [2.45, 2.75) is 12.8 Å². The minimum absolute atomic E-state index is 0.824. The molecule has 0 saturated carbocycles. The fourth-order valence-corrected chi connectivity index (χ4v) is 5.31. The summed E-state index contributed by atoms with van der Waals surface area (Å²) in [6.07, 6.45) is 5.94. The monoisotopic (exact) mass is 478 g/mol. The predicted octanol–water partition coefficient (Wildman–Crippen LogP) is 6.39. The lowest BCUT2D eigenvalue weighted by Gasteiger charge is -2.09. The molecule has 0 aliphatic heterocycles. The molecular weight excluding hydrogens is 452 g/mol. The van der Waals surface area contributed by atoms with Crippen LogP contribution in [0.25, 0.3) is 55.0 Å². The number of aryl methyl sites for hydroxylation is 1. The molecule has 2 N–H and O–H groups in total. The Morgan fingerprint density at radius 1 is 0.971 bits per heavy atom. The van der Waals surface area contributed by atoms with Crippen molar-refractivity contribution in [1.29, 1.82) is 0 Å². The highest BCUT2D eigenvalue weighted by Gasteiger charge is 2.16. The Labute approximate surface area is 207 Å². The molecule has 174 valence electrons. The predicted molar refractivity (Wildman–Crippen MR) is 145 cm³/mol. The average molecular weight is 479 g/mol. The number of benzene rings is 1. The summed E-state index contributed by atoms with van der Waals surface area (Å²) in [4.78, 5) is 16.5. The third kappa shape index (κ3) is 4.24. The van der Waals surface area contributed by atoms with Crippen LogP contribution in [0.5, 0.6) is 0 Å². The first-order valence-corrected chi connectivity index (χ1v) is 12.6. The second kappa shape index (κ2) is 9.09. The van der Waals surface area contributed by atoms with Gasteiger partial charge in [-0.15, -0.1) is 11.3 Å². The van der Waals surface area contributed by atoms with Crippen LogP contribution in [-0.2, 0) is 6.42 Å². The van der Waals surface area contributed by atoms with E-state index in [2.05, 4.69) is 87.0 Å². The molecule has 6 aromatic rings. The molecule has 0 amide bonds. The maximum absolute atomic E-state index is 5.01. The zero-order valence-electron chi connectivity index (χ0n) is 19.7. The number of nitrogens with one attached hydrogen (secondary N) is 2. The summed E-state index contributed by atoms with van der Waals surface area (Å²) in [5, 5.41) is 11.1. The quantitative estimate of drug-likeness (QED) is 0.279. The van der Waals surface area contributed by atoms with Gasteiger partial charge in [0.25, 0.3) is 0 Å². The molecule has 0 atom stereocenters. The highest BCUT2D eigenvalue weighted by atomic mass is 32.1. The van der Waals surface area contributed by atoms with E-state index in [0.29, 0.717) is 0 Å². The molecule has 0 unspecified atom stereocenters. The molecule has 35 heavy (non-hydrogen) atoms. The fraction of sp³-hybridized carbons (Fsp3) is 0.179. The van der Waals surface area contributed by atoms with Crippen molar-refractivity contribution in [3.8, 4) is 33.1 Å². The Hall–Kier alpha value is -3.81. The lowest BCUT2D eigenvalue weighted by Crippen LogP contribution is -2.13. The van der Waals surface area contributed by atoms with Crippen LogP contribution in [-0.4, -0.2) is 50.7 Å². The number of thiophene rings is 1. The van der Waals surface area contributed by atoms with Gasteiger partial charge in [0.05, 0.1) is 16.9 Å². The zero-order valence-corrected chi connectivity index (χ0v) is 20.6. The summed E-state index contributed by atoms with van der Waals surface area (Å²) in [6.45, 7) is 1.06. The minimum atomic E-state index is 0.824. The molecule has 1 aromatic carbocycles. The number of hydrogen-bond acceptors (Lipinski definition) is 5. The summed E-state index contributed by atoms with van der Waals surface area (Å²) in [6, 6.07) is 19.1. The van der Waals surface area contributed by atoms with E-state index in [-0.39, 0.29) is 0 Å². The first-order valence-electron chi connectivity index (χ1n) is 11.8. The van der Waals surface area contributed by atoms with Crippen molar-refractivity contribution in [3.63, 3.8) is 0 Å². The van der Waals surface area contributed by atoms with Crippen LogP contribution in [0.4, 0.5) is 0 Å². The van der Waals surface area contributed by atoms with Gasteiger partial charge in [0, 0.05) is 39.3 Å². The molecule has 6 nitrogen and oxygen atoms in total. The maximum Gasteiger partial charge on any atom is 0.135 e. The van der Waals surface area contributed by atoms with Gasteiger partial charge in [0.15, 0.2) is 0 Å². The largest absolute Gasteiger partial charge is 0.353 e. The molecule has 0 saturated heterocycles. The number of pyridine rings is 2. The molecule has 7 heteroatoms. The van der Waals surface area contributed by atoms with Gasteiger partial charge in [-0.2, -0.15) is 5.10 Å². The van der Waals surface area contributed by atoms with E-state index in [4.69, 9.17) is 4.98 Å². The van der Waals surface area contributed by atoms with E-state index in [0.717, 1.165) is 58.6 Å². The van der Waals surface area contributed by atoms with Gasteiger partial charge in [-0.05, 0) is 80.8 Å². The first kappa shape index (κ1) is 21.7. The standard InChI is InChI=1S/C28H26N6S/c1-34(2)12-4-6-18-14-19(17-29-16-18)22-10-11-24-27(31-22)28(33-32-24)25-15-21-20(26-9-5-13-35-26)7-3-8-23(21)30-25/h3,5,7-11,13-17,30H,4,6,12H2,1-2H3,(H,32,33). The van der Waals surface area contributed by atoms with Gasteiger partial charge in [0.1, 0.15) is 11.2 Å². The SMILES string of the molecule is CN(C)CCCc1cncc(-c2ccc3[nH]nc(-c4cc5c(-c6cccs6)cccc5[nH]4)c3n2)c1. The highest BCUT2D eigenvalue weighted by molar-refractivity contribution is 7.13. The van der Waals surface area contributed by atoms with Crippen LogP contribution in [0.15, 0.2) is 72.4 Å². The van der Waals surface area contributed by atoms with Gasteiger partial charge in [-0.1, -0.05) is 18.2 Å². The molecule has 0 spiro atoms. The van der Waals surface area contributed by atoms with E-state index >= 15 is 0 Å². The van der Waals surface area contributed by atoms with Crippen LogP contribution in [0.3, 0.4) is 0 Å². The number of aromatic nitrogens is 5. The third-order valence-corrected chi connectivity index (χ3v) is 7.18. The minimum Gasteiger partial charge on any atom is -0.353 e. The summed E-state index contributed by atoms with van der Waals surface area (Å²) in [7, 11) is 4.21. The Morgan fingerprint density at radius 2 is 1.91 bits per heavy atom. The van der Waals surface area contributed by atoms with E-state index < -0.39 is 0 Å². The molecular formula is C28H26N6S. The van der Waals surface area contributed by atoms with Crippen molar-refractivity contribution in [2.75, 3.05) is 20.6 Å². The Balaban J connectivity index is 1.38. The number of rotatable bonds is 7. The number of nitrogens with zero attached hydrogens (tertiary/aromatic N) is 4. The Morgan fingerprint density at radius 3 is 2.77 bits per heavy atom. The van der Waals surface area contributed by atoms with Crippen LogP contribution < -0.4 is 0 Å². The first-order chi connectivity index (χ1) is 17.2. The van der Waals surface area contributed by atoms with Crippen molar-refractivity contribution >= 4 is 33.3 Å². The topological polar surface area (TPSA) is 73.5 Å². The van der Waals surface area contributed by atoms with Crippen molar-refractivity contribution in [1.82, 2.24) is 30.0 Å². The zero-order chi connectivity index (χ0) is 23.8. The number of fused-ring (bicyclic) bond motifs is 2. The van der Waals surface area contributed by atoms with E-state index in [1.165, 1.54) is 21.4 Å². The van der Waals surface area contributed by atoms with Crippen LogP contribution in [0.2, 0.25) is 0 Å². The molecule has 5 aromatic heterocycles. The molecule has 0 aliphatic carbocycles. The van der Waals surface area contributed by atoms with Crippen LogP contribution in [0, 0.1) is 0 Å². The fourth-order valence-electron chi connectivity index (χ4n) is 4.54. The highest BCUT2D eigenvalue weighted by Crippen LogP contribution is 2.35. The number of aromatic amines is 2. The van der Waals surface area contributed by atoms with E-state index in [9.17, 15) is 0 Å². The summed E-state index contributed by atoms with van der Waals surface area (Å²) in [5.41, 5.74) is 9.02. The molecule has 0 fully saturated rings. The molecule has 5 heterocycles. The lowest BCUT2D eigenvalue weighted by atomic mass is 10.1. The Bertz CT molecular complexity index is 1610. The third-order valence-electron chi connectivity index (χ3n) is 6.28. The van der Waals surface area contributed by atoms with Gasteiger partial charge < -0.3 is 9.88 Å². The van der Waals surface area contributed by atoms with E-state index in [1.807, 2.05) is 24.5 Å². The second-order valence-electron chi connectivity index (χ2n) is 9.08.